The highest BCUT2D eigenvalue weighted by atomic mass is 16.5. The first-order valence-corrected chi connectivity index (χ1v) is 9.52. The number of carbonyl (C=O) groups is 1. The zero-order valence-electron chi connectivity index (χ0n) is 15.3. The molecule has 25 heavy (non-hydrogen) atoms. The van der Waals surface area contributed by atoms with Gasteiger partial charge in [0, 0.05) is 19.3 Å². The van der Waals surface area contributed by atoms with Gasteiger partial charge in [-0.1, -0.05) is 26.2 Å². The third-order valence-corrected chi connectivity index (χ3v) is 5.94. The Balaban J connectivity index is 1.68. The number of aromatic nitrogens is 2. The van der Waals surface area contributed by atoms with Crippen LogP contribution in [0.2, 0.25) is 0 Å². The van der Waals surface area contributed by atoms with E-state index >= 15 is 0 Å². The number of nitrogens with zero attached hydrogens (tertiary/aromatic N) is 2. The van der Waals surface area contributed by atoms with Gasteiger partial charge in [0.15, 0.2) is 0 Å². The van der Waals surface area contributed by atoms with Crippen LogP contribution in [0.1, 0.15) is 67.9 Å². The Morgan fingerprint density at radius 2 is 2.04 bits per heavy atom. The molecule has 0 radical (unpaired) electrons. The summed E-state index contributed by atoms with van der Waals surface area (Å²) in [4.78, 5) is 20.7. The molecule has 0 spiro atoms. The van der Waals surface area contributed by atoms with Crippen molar-refractivity contribution in [2.45, 2.75) is 70.4 Å². The minimum absolute atomic E-state index is 0.364. The number of rotatable bonds is 7. The van der Waals surface area contributed by atoms with E-state index in [-0.39, 0.29) is 0 Å². The van der Waals surface area contributed by atoms with Gasteiger partial charge in [0.2, 0.25) is 5.95 Å². The van der Waals surface area contributed by atoms with Crippen LogP contribution in [0.15, 0.2) is 6.20 Å². The number of methoxy groups -OCH3 is 1. The van der Waals surface area contributed by atoms with Crippen LogP contribution in [0.25, 0.3) is 0 Å². The van der Waals surface area contributed by atoms with Crippen LogP contribution in [-0.4, -0.2) is 35.1 Å². The van der Waals surface area contributed by atoms with Crippen LogP contribution >= 0.6 is 0 Å². The lowest BCUT2D eigenvalue weighted by Crippen LogP contribution is -2.30. The van der Waals surface area contributed by atoms with Crippen molar-refractivity contribution < 1.29 is 9.53 Å². The second-order valence-corrected chi connectivity index (χ2v) is 7.64. The number of nitrogens with two attached hydrogens (primary N) is 1. The molecule has 1 unspecified atom stereocenters. The fourth-order valence-electron chi connectivity index (χ4n) is 3.95. The Hall–Kier alpha value is -1.69. The van der Waals surface area contributed by atoms with Gasteiger partial charge in [0.1, 0.15) is 0 Å². The predicted molar refractivity (Wildman–Crippen MR) is 97.4 cm³/mol. The molecule has 2 fully saturated rings. The zero-order valence-corrected chi connectivity index (χ0v) is 15.3. The molecule has 0 bridgehead atoms. The average molecular weight is 346 g/mol. The van der Waals surface area contributed by atoms with Gasteiger partial charge >= 0.3 is 0 Å². The fourth-order valence-corrected chi connectivity index (χ4v) is 3.95. The monoisotopic (exact) mass is 346 g/mol. The topological polar surface area (TPSA) is 90.1 Å². The van der Waals surface area contributed by atoms with Crippen molar-refractivity contribution in [3.8, 4) is 0 Å². The highest BCUT2D eigenvalue weighted by Gasteiger charge is 2.26. The quantitative estimate of drug-likeness (QED) is 0.792. The van der Waals surface area contributed by atoms with E-state index in [0.29, 0.717) is 29.6 Å². The first-order valence-electron chi connectivity index (χ1n) is 9.52. The summed E-state index contributed by atoms with van der Waals surface area (Å²) in [5, 5.41) is 3.43. The molecule has 0 saturated heterocycles. The summed E-state index contributed by atoms with van der Waals surface area (Å²) in [5.41, 5.74) is 6.77. The lowest BCUT2D eigenvalue weighted by molar-refractivity contribution is 0.0681. The van der Waals surface area contributed by atoms with Crippen LogP contribution in [0.3, 0.4) is 0 Å². The predicted octanol–water partition coefficient (Wildman–Crippen LogP) is 2.92. The van der Waals surface area contributed by atoms with E-state index in [4.69, 9.17) is 10.5 Å². The smallest absolute Gasteiger partial charge is 0.252 e. The van der Waals surface area contributed by atoms with Crippen molar-refractivity contribution >= 4 is 11.9 Å². The molecule has 3 rings (SSSR count). The van der Waals surface area contributed by atoms with E-state index in [2.05, 4.69) is 22.2 Å². The summed E-state index contributed by atoms with van der Waals surface area (Å²) in [6.45, 7) is 2.25. The molecule has 2 saturated carbocycles. The highest BCUT2D eigenvalue weighted by Crippen LogP contribution is 2.35. The summed E-state index contributed by atoms with van der Waals surface area (Å²) >= 11 is 0. The molecule has 1 amide bonds. The fraction of sp³-hybridized carbons (Fsp3) is 0.737. The maximum absolute atomic E-state index is 11.7. The number of ether oxygens (including phenoxy) is 1. The van der Waals surface area contributed by atoms with Gasteiger partial charge in [-0.25, -0.2) is 9.97 Å². The molecular weight excluding hydrogens is 316 g/mol. The molecule has 1 heterocycles. The van der Waals surface area contributed by atoms with E-state index < -0.39 is 5.91 Å². The summed E-state index contributed by atoms with van der Waals surface area (Å²) < 4.78 is 5.42. The Morgan fingerprint density at radius 1 is 1.32 bits per heavy atom. The van der Waals surface area contributed by atoms with E-state index in [1.807, 2.05) is 0 Å². The van der Waals surface area contributed by atoms with Gasteiger partial charge in [0.25, 0.3) is 5.91 Å². The molecule has 138 valence electrons. The first kappa shape index (κ1) is 18.1. The molecule has 6 nitrogen and oxygen atoms in total. The Labute approximate surface area is 149 Å². The maximum atomic E-state index is 11.7. The molecule has 2 aliphatic rings. The molecule has 0 aromatic carbocycles. The van der Waals surface area contributed by atoms with Crippen LogP contribution < -0.4 is 11.1 Å². The molecule has 2 aliphatic carbocycles. The van der Waals surface area contributed by atoms with Gasteiger partial charge in [-0.3, -0.25) is 4.79 Å². The van der Waals surface area contributed by atoms with Gasteiger partial charge in [-0.05, 0) is 43.9 Å². The second-order valence-electron chi connectivity index (χ2n) is 7.64. The Morgan fingerprint density at radius 3 is 2.60 bits per heavy atom. The molecule has 1 aromatic rings. The number of hydrogen-bond donors (Lipinski definition) is 2. The van der Waals surface area contributed by atoms with Crippen molar-refractivity contribution in [2.24, 2.45) is 17.6 Å². The van der Waals surface area contributed by atoms with Crippen molar-refractivity contribution in [1.82, 2.24) is 9.97 Å². The maximum Gasteiger partial charge on any atom is 0.252 e. The van der Waals surface area contributed by atoms with Crippen molar-refractivity contribution in [3.63, 3.8) is 0 Å². The van der Waals surface area contributed by atoms with Crippen molar-refractivity contribution in [3.05, 3.63) is 17.5 Å². The molecule has 1 aromatic heterocycles. The standard InChI is InChI=1S/C19H30N4O2/c1-12(13-4-3-5-13)10-17-16(18(20)24)11-21-19(23-17)22-14-6-8-15(25-2)9-7-14/h11-15H,3-10H2,1-2H3,(H2,20,24)(H,21,22,23). The van der Waals surface area contributed by atoms with E-state index in [9.17, 15) is 4.79 Å². The number of nitrogens with one attached hydrogen (secondary N) is 1. The van der Waals surface area contributed by atoms with Crippen molar-refractivity contribution in [2.75, 3.05) is 12.4 Å². The zero-order chi connectivity index (χ0) is 17.8. The first-order chi connectivity index (χ1) is 12.1. The molecule has 1 atom stereocenters. The third kappa shape index (κ3) is 4.48. The summed E-state index contributed by atoms with van der Waals surface area (Å²) in [5.74, 6) is 1.44. The lowest BCUT2D eigenvalue weighted by atomic mass is 9.75. The number of carbonyl (C=O) groups excluding carboxylic acids is 1. The lowest BCUT2D eigenvalue weighted by Gasteiger charge is -2.31. The minimum Gasteiger partial charge on any atom is -0.381 e. The summed E-state index contributed by atoms with van der Waals surface area (Å²) in [6.07, 6.45) is 10.8. The molecule has 3 N–H and O–H groups in total. The third-order valence-electron chi connectivity index (χ3n) is 5.94. The number of anilines is 1. The number of hydrogen-bond acceptors (Lipinski definition) is 5. The normalized spacial score (nSPS) is 25.2. The number of amides is 1. The Bertz CT molecular complexity index is 595. The molecule has 0 aliphatic heterocycles. The summed E-state index contributed by atoms with van der Waals surface area (Å²) in [6, 6.07) is 0.364. The second kappa shape index (κ2) is 8.13. The van der Waals surface area contributed by atoms with Gasteiger partial charge in [-0.2, -0.15) is 0 Å². The van der Waals surface area contributed by atoms with Crippen LogP contribution in [0, 0.1) is 11.8 Å². The molecule has 6 heteroatoms. The van der Waals surface area contributed by atoms with Gasteiger partial charge in [-0.15, -0.1) is 0 Å². The largest absolute Gasteiger partial charge is 0.381 e. The van der Waals surface area contributed by atoms with E-state index in [1.165, 1.54) is 19.3 Å². The number of primary amides is 1. The minimum atomic E-state index is -0.442. The average Bonchev–Trinajstić information content (AvgIpc) is 2.54. The van der Waals surface area contributed by atoms with E-state index in [1.54, 1.807) is 13.3 Å². The van der Waals surface area contributed by atoms with Crippen LogP contribution in [0.5, 0.6) is 0 Å². The molecular formula is C19H30N4O2. The van der Waals surface area contributed by atoms with Crippen LogP contribution in [0.4, 0.5) is 5.95 Å². The SMILES string of the molecule is COC1CCC(Nc2ncc(C(N)=O)c(CC(C)C3CCC3)n2)CC1. The van der Waals surface area contributed by atoms with Crippen molar-refractivity contribution in [1.29, 1.82) is 0 Å². The Kier molecular flexibility index (Phi) is 5.89. The van der Waals surface area contributed by atoms with E-state index in [0.717, 1.165) is 43.7 Å². The van der Waals surface area contributed by atoms with Crippen LogP contribution in [-0.2, 0) is 11.2 Å². The van der Waals surface area contributed by atoms with Gasteiger partial charge < -0.3 is 15.8 Å². The summed E-state index contributed by atoms with van der Waals surface area (Å²) in [7, 11) is 1.78. The highest BCUT2D eigenvalue weighted by molar-refractivity contribution is 5.93. The van der Waals surface area contributed by atoms with Gasteiger partial charge in [0.05, 0.1) is 17.4 Å².